The molecule has 0 radical (unpaired) electrons. The van der Waals surface area contributed by atoms with Gasteiger partial charge in [-0.15, -0.1) is 0 Å². The lowest BCUT2D eigenvalue weighted by atomic mass is 10.1. The number of sulfone groups is 1. The zero-order valence-electron chi connectivity index (χ0n) is 19.1. The Bertz CT molecular complexity index is 1260. The fourth-order valence-corrected chi connectivity index (χ4v) is 3.57. The largest absolute Gasteiger partial charge is 0.497 e. The molecule has 3 aromatic carbocycles. The summed E-state index contributed by atoms with van der Waals surface area (Å²) in [6.45, 7) is 4.32. The normalized spacial score (nSPS) is 11.0. The van der Waals surface area contributed by atoms with Gasteiger partial charge < -0.3 is 20.1 Å². The molecule has 0 spiro atoms. The minimum Gasteiger partial charge on any atom is -0.497 e. The van der Waals surface area contributed by atoms with Crippen LogP contribution >= 0.6 is 0 Å². The molecule has 3 rings (SSSR count). The zero-order valence-corrected chi connectivity index (χ0v) is 20.0. The van der Waals surface area contributed by atoms with E-state index in [0.29, 0.717) is 35.0 Å². The molecular formula is C25H28N2O5S. The molecule has 0 aromatic heterocycles. The van der Waals surface area contributed by atoms with Gasteiger partial charge in [-0.25, -0.2) is 8.42 Å². The number of benzene rings is 3. The van der Waals surface area contributed by atoms with Crippen LogP contribution in [0.15, 0.2) is 60.7 Å². The molecule has 8 heteroatoms. The van der Waals surface area contributed by atoms with Crippen molar-refractivity contribution in [1.82, 2.24) is 0 Å². The summed E-state index contributed by atoms with van der Waals surface area (Å²) in [5.41, 5.74) is 4.72. The molecule has 0 saturated heterocycles. The average Bonchev–Trinajstić information content (AvgIpc) is 2.78. The Kier molecular flexibility index (Phi) is 7.60. The Balaban J connectivity index is 1.84. The second-order valence-electron chi connectivity index (χ2n) is 7.86. The first kappa shape index (κ1) is 24.1. The number of ether oxygens (including phenoxy) is 2. The van der Waals surface area contributed by atoms with E-state index in [1.165, 1.54) is 0 Å². The molecule has 0 unspecified atom stereocenters. The second kappa shape index (κ2) is 10.4. The number of rotatable bonds is 9. The van der Waals surface area contributed by atoms with Crippen LogP contribution in [-0.2, 0) is 16.4 Å². The van der Waals surface area contributed by atoms with E-state index in [4.69, 9.17) is 9.47 Å². The number of aryl methyl sites for hydroxylation is 2. The van der Waals surface area contributed by atoms with Crippen LogP contribution in [-0.4, -0.2) is 33.6 Å². The molecule has 0 heterocycles. The summed E-state index contributed by atoms with van der Waals surface area (Å²) in [5.74, 6) is 0.484. The third-order valence-electron chi connectivity index (χ3n) is 4.98. The average molecular weight is 469 g/mol. The van der Waals surface area contributed by atoms with E-state index in [-0.39, 0.29) is 11.8 Å². The molecular weight excluding hydrogens is 440 g/mol. The van der Waals surface area contributed by atoms with Gasteiger partial charge in [-0.2, -0.15) is 0 Å². The summed E-state index contributed by atoms with van der Waals surface area (Å²) < 4.78 is 34.5. The highest BCUT2D eigenvalue weighted by Crippen LogP contribution is 2.30. The number of carbonyl (C=O) groups excluding carboxylic acids is 1. The first-order chi connectivity index (χ1) is 15.6. The van der Waals surface area contributed by atoms with E-state index >= 15 is 0 Å². The van der Waals surface area contributed by atoms with Gasteiger partial charge in [0.25, 0.3) is 5.91 Å². The van der Waals surface area contributed by atoms with Gasteiger partial charge in [0.05, 0.1) is 12.8 Å². The zero-order chi connectivity index (χ0) is 24.0. The number of nitrogens with one attached hydrogen (secondary N) is 2. The summed E-state index contributed by atoms with van der Waals surface area (Å²) in [5, 5.41) is 5.75. The predicted molar refractivity (Wildman–Crippen MR) is 131 cm³/mol. The first-order valence-electron chi connectivity index (χ1n) is 10.3. The molecule has 0 bridgehead atoms. The number of hydrogen-bond donors (Lipinski definition) is 2. The van der Waals surface area contributed by atoms with E-state index in [2.05, 4.69) is 10.6 Å². The van der Waals surface area contributed by atoms with Crippen molar-refractivity contribution in [2.24, 2.45) is 0 Å². The van der Waals surface area contributed by atoms with E-state index in [1.54, 1.807) is 49.6 Å². The van der Waals surface area contributed by atoms with E-state index in [9.17, 15) is 13.2 Å². The minimum absolute atomic E-state index is 0.234. The van der Waals surface area contributed by atoms with Crippen molar-refractivity contribution in [3.8, 4) is 11.5 Å². The van der Waals surface area contributed by atoms with Crippen LogP contribution < -0.4 is 20.1 Å². The Hall–Kier alpha value is -3.52. The van der Waals surface area contributed by atoms with Crippen LogP contribution in [0.4, 0.5) is 11.4 Å². The second-order valence-corrected chi connectivity index (χ2v) is 10.0. The van der Waals surface area contributed by atoms with Crippen LogP contribution in [0.25, 0.3) is 0 Å². The lowest BCUT2D eigenvalue weighted by Gasteiger charge is -2.16. The lowest BCUT2D eigenvalue weighted by molar-refractivity contribution is 0.102. The summed E-state index contributed by atoms with van der Waals surface area (Å²) in [6.07, 6.45) is 1.15. The van der Waals surface area contributed by atoms with Crippen molar-refractivity contribution < 1.29 is 22.7 Å². The summed E-state index contributed by atoms with van der Waals surface area (Å²) in [7, 11) is -1.70. The maximum absolute atomic E-state index is 12.7. The van der Waals surface area contributed by atoms with Crippen molar-refractivity contribution >= 4 is 27.1 Å². The lowest BCUT2D eigenvalue weighted by Crippen LogP contribution is -2.14. The maximum Gasteiger partial charge on any atom is 0.255 e. The van der Waals surface area contributed by atoms with Gasteiger partial charge in [-0.05, 0) is 55.3 Å². The van der Waals surface area contributed by atoms with Gasteiger partial charge >= 0.3 is 0 Å². The minimum atomic E-state index is -3.24. The van der Waals surface area contributed by atoms with Crippen molar-refractivity contribution in [2.75, 3.05) is 29.9 Å². The third-order valence-corrected chi connectivity index (χ3v) is 5.65. The molecule has 0 atom stereocenters. The Labute approximate surface area is 194 Å². The summed E-state index contributed by atoms with van der Waals surface area (Å²) in [4.78, 5) is 12.7. The van der Waals surface area contributed by atoms with Gasteiger partial charge in [0, 0.05) is 23.6 Å². The molecule has 7 nitrogen and oxygen atoms in total. The molecule has 0 saturated carbocycles. The SMILES string of the molecule is COc1cccc(C(=O)Nc2ccc(NCS(C)(=O)=O)c(OCc3cc(C)ccc3C)c2)c1. The van der Waals surface area contributed by atoms with Gasteiger partial charge in [-0.3, -0.25) is 4.79 Å². The Morgan fingerprint density at radius 3 is 2.52 bits per heavy atom. The third kappa shape index (κ3) is 6.98. The summed E-state index contributed by atoms with van der Waals surface area (Å²) in [6, 6.07) is 18.0. The van der Waals surface area contributed by atoms with E-state index in [0.717, 1.165) is 22.9 Å². The standard InChI is InChI=1S/C25H28N2O5S/c1-17-8-9-18(2)20(12-17)15-32-24-14-21(10-11-23(24)26-16-33(4,29)30)27-25(28)19-6-5-7-22(13-19)31-3/h5-14,26H,15-16H2,1-4H3,(H,27,28). The summed E-state index contributed by atoms with van der Waals surface area (Å²) >= 11 is 0. The fourth-order valence-electron chi connectivity index (χ4n) is 3.15. The molecule has 1 amide bonds. The maximum atomic E-state index is 12.7. The van der Waals surface area contributed by atoms with Gasteiger partial charge in [0.1, 0.15) is 24.0 Å². The predicted octanol–water partition coefficient (Wildman–Crippen LogP) is 4.56. The van der Waals surface area contributed by atoms with Crippen molar-refractivity contribution in [2.45, 2.75) is 20.5 Å². The molecule has 2 N–H and O–H groups in total. The van der Waals surface area contributed by atoms with Crippen LogP contribution in [0.5, 0.6) is 11.5 Å². The van der Waals surface area contributed by atoms with Crippen molar-refractivity contribution in [3.05, 3.63) is 82.9 Å². The van der Waals surface area contributed by atoms with Crippen molar-refractivity contribution in [1.29, 1.82) is 0 Å². The Morgan fingerprint density at radius 2 is 1.79 bits per heavy atom. The quantitative estimate of drug-likeness (QED) is 0.478. The number of anilines is 2. The molecule has 0 aliphatic rings. The van der Waals surface area contributed by atoms with Crippen LogP contribution in [0.2, 0.25) is 0 Å². The van der Waals surface area contributed by atoms with Gasteiger partial charge in [0.15, 0.2) is 9.84 Å². The molecule has 33 heavy (non-hydrogen) atoms. The van der Waals surface area contributed by atoms with Crippen molar-refractivity contribution in [3.63, 3.8) is 0 Å². The smallest absolute Gasteiger partial charge is 0.255 e. The molecule has 0 aliphatic carbocycles. The molecule has 3 aromatic rings. The van der Waals surface area contributed by atoms with Gasteiger partial charge in [-0.1, -0.05) is 29.8 Å². The highest BCUT2D eigenvalue weighted by atomic mass is 32.2. The highest BCUT2D eigenvalue weighted by Gasteiger charge is 2.12. The first-order valence-corrected chi connectivity index (χ1v) is 12.4. The monoisotopic (exact) mass is 468 g/mol. The Morgan fingerprint density at radius 1 is 1.00 bits per heavy atom. The van der Waals surface area contributed by atoms with Crippen LogP contribution in [0.3, 0.4) is 0 Å². The number of hydrogen-bond acceptors (Lipinski definition) is 6. The van der Waals surface area contributed by atoms with Gasteiger partial charge in [0.2, 0.25) is 0 Å². The van der Waals surface area contributed by atoms with E-state index < -0.39 is 9.84 Å². The molecule has 174 valence electrons. The topological polar surface area (TPSA) is 93.7 Å². The van der Waals surface area contributed by atoms with Crippen LogP contribution in [0.1, 0.15) is 27.0 Å². The van der Waals surface area contributed by atoms with Crippen LogP contribution in [0, 0.1) is 13.8 Å². The van der Waals surface area contributed by atoms with E-state index in [1.807, 2.05) is 32.0 Å². The number of amides is 1. The number of methoxy groups -OCH3 is 1. The molecule has 0 aliphatic heterocycles. The fraction of sp³-hybridized carbons (Fsp3) is 0.240. The number of carbonyl (C=O) groups is 1. The molecule has 0 fully saturated rings. The highest BCUT2D eigenvalue weighted by molar-refractivity contribution is 7.90.